The van der Waals surface area contributed by atoms with Gasteiger partial charge in [0.25, 0.3) is 5.91 Å². The number of nitrogens with zero attached hydrogens (tertiary/aromatic N) is 2. The van der Waals surface area contributed by atoms with Crippen LogP contribution >= 0.6 is 0 Å². The molecule has 4 N–H and O–H groups in total. The minimum Gasteiger partial charge on any atom is -0.383 e. The standard InChI is InChI=1S/C12H18N4O2/c1-7-8(10(14)17)9(13)16-11(15-7)12(18-2)5-3-4-6-12/h3-6H2,1-2H3,(H2,14,17)(H2,13,15,16). The lowest BCUT2D eigenvalue weighted by Crippen LogP contribution is -2.29. The number of hydrogen-bond donors (Lipinski definition) is 2. The first-order valence-electron chi connectivity index (χ1n) is 6.00. The number of rotatable bonds is 3. The molecule has 0 atom stereocenters. The topological polar surface area (TPSA) is 104 Å². The van der Waals surface area contributed by atoms with Crippen molar-refractivity contribution in [1.29, 1.82) is 0 Å². The van der Waals surface area contributed by atoms with E-state index in [-0.39, 0.29) is 11.4 Å². The molecule has 0 saturated heterocycles. The molecule has 18 heavy (non-hydrogen) atoms. The highest BCUT2D eigenvalue weighted by Gasteiger charge is 2.39. The summed E-state index contributed by atoms with van der Waals surface area (Å²) in [7, 11) is 1.65. The minimum absolute atomic E-state index is 0.133. The van der Waals surface area contributed by atoms with E-state index in [0.29, 0.717) is 11.5 Å². The van der Waals surface area contributed by atoms with Crippen molar-refractivity contribution in [3.8, 4) is 0 Å². The maximum Gasteiger partial charge on any atom is 0.254 e. The summed E-state index contributed by atoms with van der Waals surface area (Å²) in [6.07, 6.45) is 3.90. The highest BCUT2D eigenvalue weighted by atomic mass is 16.5. The van der Waals surface area contributed by atoms with Crippen molar-refractivity contribution in [2.45, 2.75) is 38.2 Å². The van der Waals surface area contributed by atoms with E-state index in [1.54, 1.807) is 14.0 Å². The molecule has 0 bridgehead atoms. The van der Waals surface area contributed by atoms with Gasteiger partial charge in [0, 0.05) is 7.11 Å². The molecule has 98 valence electrons. The maximum atomic E-state index is 11.3. The molecule has 0 spiro atoms. The Morgan fingerprint density at radius 3 is 2.39 bits per heavy atom. The van der Waals surface area contributed by atoms with Crippen LogP contribution in [0.15, 0.2) is 0 Å². The van der Waals surface area contributed by atoms with Gasteiger partial charge in [-0.25, -0.2) is 9.97 Å². The van der Waals surface area contributed by atoms with Crippen molar-refractivity contribution >= 4 is 11.7 Å². The summed E-state index contributed by atoms with van der Waals surface area (Å²) in [5, 5.41) is 0. The third-order valence-corrected chi connectivity index (χ3v) is 3.57. The van der Waals surface area contributed by atoms with Gasteiger partial charge in [0.05, 0.1) is 5.69 Å². The molecule has 1 fully saturated rings. The van der Waals surface area contributed by atoms with E-state index in [9.17, 15) is 4.79 Å². The van der Waals surface area contributed by atoms with Crippen LogP contribution in [0.1, 0.15) is 47.6 Å². The Kier molecular flexibility index (Phi) is 3.21. The molecule has 2 rings (SSSR count). The predicted octanol–water partition coefficient (Wildman–Crippen LogP) is 0.882. The van der Waals surface area contributed by atoms with E-state index in [0.717, 1.165) is 25.7 Å². The Labute approximate surface area is 106 Å². The van der Waals surface area contributed by atoms with Gasteiger partial charge in [0.2, 0.25) is 0 Å². The molecule has 0 aromatic carbocycles. The molecule has 6 heteroatoms. The first-order chi connectivity index (χ1) is 8.50. The van der Waals surface area contributed by atoms with E-state index in [1.165, 1.54) is 0 Å². The lowest BCUT2D eigenvalue weighted by Gasteiger charge is -2.26. The number of aromatic nitrogens is 2. The molecule has 1 saturated carbocycles. The summed E-state index contributed by atoms with van der Waals surface area (Å²) in [4.78, 5) is 19.8. The number of hydrogen-bond acceptors (Lipinski definition) is 5. The molecule has 1 aliphatic carbocycles. The molecule has 1 aromatic rings. The number of ether oxygens (including phenoxy) is 1. The summed E-state index contributed by atoms with van der Waals surface area (Å²) >= 11 is 0. The van der Waals surface area contributed by atoms with Gasteiger partial charge >= 0.3 is 0 Å². The molecule has 1 aromatic heterocycles. The van der Waals surface area contributed by atoms with Crippen LogP contribution in [-0.4, -0.2) is 23.0 Å². The SMILES string of the molecule is COC1(c2nc(C)c(C(N)=O)c(N)n2)CCCC1. The lowest BCUT2D eigenvalue weighted by atomic mass is 10.0. The van der Waals surface area contributed by atoms with E-state index in [1.807, 2.05) is 0 Å². The number of aryl methyl sites for hydroxylation is 1. The summed E-state index contributed by atoms with van der Waals surface area (Å²) in [5.74, 6) is 0.0882. The number of anilines is 1. The zero-order valence-corrected chi connectivity index (χ0v) is 10.7. The Morgan fingerprint density at radius 2 is 1.94 bits per heavy atom. The van der Waals surface area contributed by atoms with Crippen LogP contribution in [0.4, 0.5) is 5.82 Å². The molecule has 0 aliphatic heterocycles. The largest absolute Gasteiger partial charge is 0.383 e. The van der Waals surface area contributed by atoms with Crippen molar-refractivity contribution in [1.82, 2.24) is 9.97 Å². The monoisotopic (exact) mass is 250 g/mol. The highest BCUT2D eigenvalue weighted by Crippen LogP contribution is 2.40. The zero-order valence-electron chi connectivity index (χ0n) is 10.7. The number of amides is 1. The number of nitrogen functional groups attached to an aromatic ring is 1. The zero-order chi connectivity index (χ0) is 13.3. The highest BCUT2D eigenvalue weighted by molar-refractivity contribution is 5.98. The van der Waals surface area contributed by atoms with Crippen molar-refractivity contribution in [2.24, 2.45) is 5.73 Å². The fourth-order valence-corrected chi connectivity index (χ4v) is 2.57. The Balaban J connectivity index is 2.50. The molecule has 1 heterocycles. The summed E-state index contributed by atoms with van der Waals surface area (Å²) < 4.78 is 5.60. The predicted molar refractivity (Wildman–Crippen MR) is 66.9 cm³/mol. The van der Waals surface area contributed by atoms with Crippen LogP contribution in [0.25, 0.3) is 0 Å². The molecular formula is C12H18N4O2. The second kappa shape index (κ2) is 4.53. The summed E-state index contributed by atoms with van der Waals surface area (Å²) in [6, 6.07) is 0. The van der Waals surface area contributed by atoms with Gasteiger partial charge in [-0.3, -0.25) is 4.79 Å². The number of methoxy groups -OCH3 is 1. The van der Waals surface area contributed by atoms with E-state index >= 15 is 0 Å². The second-order valence-corrected chi connectivity index (χ2v) is 4.66. The van der Waals surface area contributed by atoms with Gasteiger partial charge in [0.15, 0.2) is 5.82 Å². The van der Waals surface area contributed by atoms with Gasteiger partial charge in [-0.2, -0.15) is 0 Å². The second-order valence-electron chi connectivity index (χ2n) is 4.66. The number of carbonyl (C=O) groups excluding carboxylic acids is 1. The third kappa shape index (κ3) is 1.92. The molecule has 0 unspecified atom stereocenters. The fourth-order valence-electron chi connectivity index (χ4n) is 2.57. The van der Waals surface area contributed by atoms with Crippen molar-refractivity contribution < 1.29 is 9.53 Å². The van der Waals surface area contributed by atoms with Crippen LogP contribution in [0, 0.1) is 6.92 Å². The van der Waals surface area contributed by atoms with Gasteiger partial charge in [0.1, 0.15) is 17.0 Å². The van der Waals surface area contributed by atoms with Crippen LogP contribution in [0.5, 0.6) is 0 Å². The molecular weight excluding hydrogens is 232 g/mol. The normalized spacial score (nSPS) is 17.9. The van der Waals surface area contributed by atoms with Crippen LogP contribution in [-0.2, 0) is 10.3 Å². The molecule has 6 nitrogen and oxygen atoms in total. The summed E-state index contributed by atoms with van der Waals surface area (Å²) in [6.45, 7) is 1.71. The van der Waals surface area contributed by atoms with Crippen LogP contribution in [0.3, 0.4) is 0 Å². The number of carbonyl (C=O) groups is 1. The maximum absolute atomic E-state index is 11.3. The van der Waals surface area contributed by atoms with Gasteiger partial charge in [-0.15, -0.1) is 0 Å². The van der Waals surface area contributed by atoms with Crippen molar-refractivity contribution in [3.63, 3.8) is 0 Å². The Morgan fingerprint density at radius 1 is 1.33 bits per heavy atom. The average molecular weight is 250 g/mol. The van der Waals surface area contributed by atoms with Crippen molar-refractivity contribution in [2.75, 3.05) is 12.8 Å². The quantitative estimate of drug-likeness (QED) is 0.828. The average Bonchev–Trinajstić information content (AvgIpc) is 2.77. The van der Waals surface area contributed by atoms with Gasteiger partial charge < -0.3 is 16.2 Å². The van der Waals surface area contributed by atoms with E-state index in [4.69, 9.17) is 16.2 Å². The first kappa shape index (κ1) is 12.8. The smallest absolute Gasteiger partial charge is 0.254 e. The van der Waals surface area contributed by atoms with E-state index in [2.05, 4.69) is 9.97 Å². The Bertz CT molecular complexity index is 458. The molecule has 0 radical (unpaired) electrons. The van der Waals surface area contributed by atoms with Gasteiger partial charge in [-0.05, 0) is 32.6 Å². The van der Waals surface area contributed by atoms with Crippen LogP contribution < -0.4 is 11.5 Å². The third-order valence-electron chi connectivity index (χ3n) is 3.57. The Hall–Kier alpha value is -1.69. The van der Waals surface area contributed by atoms with Crippen molar-refractivity contribution in [3.05, 3.63) is 17.1 Å². The first-order valence-corrected chi connectivity index (χ1v) is 6.00. The number of primary amides is 1. The summed E-state index contributed by atoms with van der Waals surface area (Å²) in [5.41, 5.74) is 11.3. The minimum atomic E-state index is -0.602. The lowest BCUT2D eigenvalue weighted by molar-refractivity contribution is -0.0163. The number of nitrogens with two attached hydrogens (primary N) is 2. The van der Waals surface area contributed by atoms with E-state index < -0.39 is 11.5 Å². The molecule has 1 aliphatic rings. The molecule has 1 amide bonds. The van der Waals surface area contributed by atoms with Crippen LogP contribution in [0.2, 0.25) is 0 Å². The van der Waals surface area contributed by atoms with Gasteiger partial charge in [-0.1, -0.05) is 0 Å². The fraction of sp³-hybridized carbons (Fsp3) is 0.583.